The first-order valence-corrected chi connectivity index (χ1v) is 7.67. The predicted octanol–water partition coefficient (Wildman–Crippen LogP) is 5.19. The van der Waals surface area contributed by atoms with Gasteiger partial charge in [-0.25, -0.2) is 4.98 Å². The minimum atomic E-state index is -4.95. The van der Waals surface area contributed by atoms with Gasteiger partial charge in [-0.05, 0) is 0 Å². The molecule has 0 spiro atoms. The van der Waals surface area contributed by atoms with Crippen molar-refractivity contribution in [1.29, 1.82) is 0 Å². The molecule has 122 valence electrons. The SMILES string of the molecule is O=C(Sc1nc(-c2ccccc2)c(-c2ccccc2)o1)C(F)(F)F. The summed E-state index contributed by atoms with van der Waals surface area (Å²) in [5, 5.41) is -2.31. The molecule has 0 aliphatic heterocycles. The minimum Gasteiger partial charge on any atom is -0.430 e. The molecule has 7 heteroatoms. The molecule has 0 N–H and O–H groups in total. The van der Waals surface area contributed by atoms with Crippen molar-refractivity contribution in [3.8, 4) is 22.6 Å². The van der Waals surface area contributed by atoms with Gasteiger partial charge < -0.3 is 4.42 Å². The van der Waals surface area contributed by atoms with Gasteiger partial charge in [0.15, 0.2) is 5.76 Å². The fraction of sp³-hybridized carbons (Fsp3) is 0.0588. The summed E-state index contributed by atoms with van der Waals surface area (Å²) in [5.41, 5.74) is 1.74. The maximum atomic E-state index is 12.4. The van der Waals surface area contributed by atoms with Crippen molar-refractivity contribution < 1.29 is 22.4 Å². The second-order valence-electron chi connectivity index (χ2n) is 4.78. The van der Waals surface area contributed by atoms with Crippen molar-refractivity contribution in [2.75, 3.05) is 0 Å². The second-order valence-corrected chi connectivity index (χ2v) is 5.70. The first kappa shape index (κ1) is 16.3. The summed E-state index contributed by atoms with van der Waals surface area (Å²) in [4.78, 5) is 15.3. The van der Waals surface area contributed by atoms with E-state index in [0.717, 1.165) is 0 Å². The van der Waals surface area contributed by atoms with E-state index in [-0.39, 0.29) is 17.0 Å². The molecule has 0 radical (unpaired) electrons. The van der Waals surface area contributed by atoms with Crippen molar-refractivity contribution in [3.05, 3.63) is 60.7 Å². The topological polar surface area (TPSA) is 43.1 Å². The van der Waals surface area contributed by atoms with Crippen LogP contribution >= 0.6 is 11.8 Å². The Hall–Kier alpha value is -2.54. The van der Waals surface area contributed by atoms with Crippen molar-refractivity contribution >= 4 is 16.9 Å². The Morgan fingerprint density at radius 1 is 0.917 bits per heavy atom. The molecule has 0 aliphatic rings. The summed E-state index contributed by atoms with van der Waals surface area (Å²) in [5.74, 6) is 0.319. The lowest BCUT2D eigenvalue weighted by atomic mass is 10.1. The van der Waals surface area contributed by atoms with Crippen molar-refractivity contribution in [3.63, 3.8) is 0 Å². The van der Waals surface area contributed by atoms with Gasteiger partial charge in [-0.15, -0.1) is 0 Å². The van der Waals surface area contributed by atoms with Crippen LogP contribution < -0.4 is 0 Å². The molecule has 0 bridgehead atoms. The van der Waals surface area contributed by atoms with E-state index >= 15 is 0 Å². The average molecular weight is 349 g/mol. The molecular formula is C17H10F3NO2S. The van der Waals surface area contributed by atoms with Crippen LogP contribution in [0.25, 0.3) is 22.6 Å². The molecule has 3 rings (SSSR count). The maximum Gasteiger partial charge on any atom is 0.461 e. The number of carbonyl (C=O) groups is 1. The van der Waals surface area contributed by atoms with Crippen LogP contribution in [0.5, 0.6) is 0 Å². The summed E-state index contributed by atoms with van der Waals surface area (Å²) in [6.45, 7) is 0. The number of thioether (sulfide) groups is 1. The molecule has 0 unspecified atom stereocenters. The molecule has 3 aromatic rings. The molecule has 2 aromatic carbocycles. The highest BCUT2D eigenvalue weighted by atomic mass is 32.2. The summed E-state index contributed by atoms with van der Waals surface area (Å²) in [6, 6.07) is 17.8. The van der Waals surface area contributed by atoms with Crippen LogP contribution in [0, 0.1) is 0 Å². The van der Waals surface area contributed by atoms with E-state index in [1.165, 1.54) is 0 Å². The number of carbonyl (C=O) groups excluding carboxylic acids is 1. The lowest BCUT2D eigenvalue weighted by Gasteiger charge is -2.01. The number of benzene rings is 2. The van der Waals surface area contributed by atoms with Crippen LogP contribution in [0.1, 0.15) is 0 Å². The van der Waals surface area contributed by atoms with Crippen LogP contribution in [-0.4, -0.2) is 16.3 Å². The van der Waals surface area contributed by atoms with Crippen LogP contribution in [-0.2, 0) is 4.79 Å². The van der Waals surface area contributed by atoms with Gasteiger partial charge in [0, 0.05) is 22.9 Å². The number of aromatic nitrogens is 1. The van der Waals surface area contributed by atoms with Crippen LogP contribution in [0.3, 0.4) is 0 Å². The van der Waals surface area contributed by atoms with E-state index in [4.69, 9.17) is 4.42 Å². The fourth-order valence-corrected chi connectivity index (χ4v) is 2.59. The Bertz CT molecular complexity index is 788. The van der Waals surface area contributed by atoms with E-state index in [1.54, 1.807) is 48.5 Å². The molecule has 0 saturated heterocycles. The lowest BCUT2D eigenvalue weighted by molar-refractivity contribution is -0.160. The zero-order valence-electron chi connectivity index (χ0n) is 12.1. The number of hydrogen-bond donors (Lipinski definition) is 0. The molecule has 0 aliphatic carbocycles. The molecule has 24 heavy (non-hydrogen) atoms. The van der Waals surface area contributed by atoms with E-state index in [1.807, 2.05) is 12.1 Å². The third-order valence-electron chi connectivity index (χ3n) is 3.10. The van der Waals surface area contributed by atoms with Gasteiger partial charge in [0.1, 0.15) is 5.69 Å². The van der Waals surface area contributed by atoms with Crippen molar-refractivity contribution in [1.82, 2.24) is 4.98 Å². The van der Waals surface area contributed by atoms with Gasteiger partial charge in [-0.3, -0.25) is 4.79 Å². The molecule has 0 atom stereocenters. The number of rotatable bonds is 3. The molecule has 3 nitrogen and oxygen atoms in total. The van der Waals surface area contributed by atoms with E-state index < -0.39 is 11.3 Å². The molecule has 0 saturated carbocycles. The minimum absolute atomic E-state index is 0.0668. The normalized spacial score (nSPS) is 11.5. The highest BCUT2D eigenvalue weighted by Gasteiger charge is 2.40. The van der Waals surface area contributed by atoms with Crippen LogP contribution in [0.15, 0.2) is 70.3 Å². The standard InChI is InChI=1S/C17H10F3NO2S/c18-17(19,20)15(22)24-16-21-13(11-7-3-1-4-8-11)14(23-16)12-9-5-2-6-10-12/h1-10H. The number of nitrogens with zero attached hydrogens (tertiary/aromatic N) is 1. The number of oxazole rings is 1. The monoisotopic (exact) mass is 349 g/mol. The Balaban J connectivity index is 2.05. The first-order chi connectivity index (χ1) is 11.4. The summed E-state index contributed by atoms with van der Waals surface area (Å²) < 4.78 is 42.8. The quantitative estimate of drug-likeness (QED) is 0.610. The van der Waals surface area contributed by atoms with Crippen molar-refractivity contribution in [2.45, 2.75) is 11.4 Å². The van der Waals surface area contributed by atoms with E-state index in [0.29, 0.717) is 22.6 Å². The van der Waals surface area contributed by atoms with Gasteiger partial charge in [0.05, 0.1) is 0 Å². The summed E-state index contributed by atoms with van der Waals surface area (Å²) in [7, 11) is 0. The Morgan fingerprint density at radius 2 is 1.46 bits per heavy atom. The second kappa shape index (κ2) is 6.52. The van der Waals surface area contributed by atoms with Gasteiger partial charge in [-0.2, -0.15) is 13.2 Å². The molecule has 0 amide bonds. The largest absolute Gasteiger partial charge is 0.461 e. The lowest BCUT2D eigenvalue weighted by Crippen LogP contribution is -2.18. The number of halogens is 3. The van der Waals surface area contributed by atoms with Gasteiger partial charge in [-0.1, -0.05) is 60.7 Å². The third-order valence-corrected chi connectivity index (χ3v) is 3.87. The summed E-state index contributed by atoms with van der Waals surface area (Å²) >= 11 is -0.0668. The van der Waals surface area contributed by atoms with E-state index in [9.17, 15) is 18.0 Å². The molecule has 1 aromatic heterocycles. The highest BCUT2D eigenvalue weighted by molar-refractivity contribution is 8.13. The first-order valence-electron chi connectivity index (χ1n) is 6.86. The Labute approximate surface area is 139 Å². The average Bonchev–Trinajstić information content (AvgIpc) is 2.99. The molecular weight excluding hydrogens is 339 g/mol. The van der Waals surface area contributed by atoms with Crippen LogP contribution in [0.2, 0.25) is 0 Å². The highest BCUT2D eigenvalue weighted by Crippen LogP contribution is 2.37. The maximum absolute atomic E-state index is 12.4. The van der Waals surface area contributed by atoms with Crippen molar-refractivity contribution in [2.24, 2.45) is 0 Å². The number of hydrogen-bond acceptors (Lipinski definition) is 4. The molecule has 0 fully saturated rings. The predicted molar refractivity (Wildman–Crippen MR) is 84.3 cm³/mol. The third kappa shape index (κ3) is 3.51. The Kier molecular flexibility index (Phi) is 4.44. The van der Waals surface area contributed by atoms with Gasteiger partial charge in [0.2, 0.25) is 0 Å². The zero-order chi connectivity index (χ0) is 17.2. The Morgan fingerprint density at radius 3 is 2.00 bits per heavy atom. The van der Waals surface area contributed by atoms with Gasteiger partial charge >= 0.3 is 11.3 Å². The van der Waals surface area contributed by atoms with E-state index in [2.05, 4.69) is 4.98 Å². The summed E-state index contributed by atoms with van der Waals surface area (Å²) in [6.07, 6.45) is -4.95. The van der Waals surface area contributed by atoms with Crippen LogP contribution in [0.4, 0.5) is 13.2 Å². The fourth-order valence-electron chi connectivity index (χ4n) is 2.06. The van der Waals surface area contributed by atoms with Gasteiger partial charge in [0.25, 0.3) is 5.22 Å². The molecule has 1 heterocycles. The number of alkyl halides is 3. The zero-order valence-corrected chi connectivity index (χ0v) is 12.9. The smallest absolute Gasteiger partial charge is 0.430 e.